The van der Waals surface area contributed by atoms with Crippen LogP contribution in [0.25, 0.3) is 0 Å². The Morgan fingerprint density at radius 2 is 1.45 bits per heavy atom. The van der Waals surface area contributed by atoms with E-state index in [1.165, 1.54) is 13.8 Å². The van der Waals surface area contributed by atoms with Crippen LogP contribution in [0.4, 0.5) is 4.39 Å². The molecule has 0 radical (unpaired) electrons. The summed E-state index contributed by atoms with van der Waals surface area (Å²) in [6.45, 7) is 2.85. The van der Waals surface area contributed by atoms with Crippen molar-refractivity contribution in [2.24, 2.45) is 0 Å². The summed E-state index contributed by atoms with van der Waals surface area (Å²) in [7, 11) is -7.17. The summed E-state index contributed by atoms with van der Waals surface area (Å²) >= 11 is 0. The predicted molar refractivity (Wildman–Crippen MR) is 73.9 cm³/mol. The highest BCUT2D eigenvalue weighted by atomic mass is 32.2. The normalized spacial score (nSPS) is 12.6. The zero-order valence-electron chi connectivity index (χ0n) is 11.4. The van der Waals surface area contributed by atoms with Crippen molar-refractivity contribution in [3.8, 4) is 0 Å². The summed E-state index contributed by atoms with van der Waals surface area (Å²) in [4.78, 5) is 0.0123. The Hall–Kier alpha value is -1.03. The smallest absolute Gasteiger partial charge is 0.214 e. The molecule has 0 aromatic heterocycles. The van der Waals surface area contributed by atoms with Crippen LogP contribution in [-0.4, -0.2) is 36.2 Å². The first-order chi connectivity index (χ1) is 9.03. The quantitative estimate of drug-likeness (QED) is 0.735. The number of halogens is 1. The third kappa shape index (κ3) is 4.82. The lowest BCUT2D eigenvalue weighted by atomic mass is 10.1. The van der Waals surface area contributed by atoms with Crippen LogP contribution in [0.3, 0.4) is 0 Å². The molecule has 9 heteroatoms. The molecule has 0 aliphatic rings. The summed E-state index contributed by atoms with van der Waals surface area (Å²) in [6, 6.07) is 2.27. The summed E-state index contributed by atoms with van der Waals surface area (Å²) < 4.78 is 63.5. The molecule has 114 valence electrons. The molecule has 0 saturated heterocycles. The number of sulfonamides is 2. The first-order valence-corrected chi connectivity index (χ1v) is 9.11. The average molecular weight is 324 g/mol. The number of rotatable bonds is 6. The third-order valence-corrected chi connectivity index (χ3v) is 4.97. The van der Waals surface area contributed by atoms with Crippen LogP contribution in [0.1, 0.15) is 11.1 Å². The monoisotopic (exact) mass is 324 g/mol. The molecule has 1 rings (SSSR count). The maximum atomic E-state index is 13.1. The fraction of sp³-hybridized carbons (Fsp3) is 0.455. The van der Waals surface area contributed by atoms with Crippen LogP contribution in [0.15, 0.2) is 17.0 Å². The van der Waals surface area contributed by atoms with E-state index >= 15 is 0 Å². The molecule has 6 nitrogen and oxygen atoms in total. The van der Waals surface area contributed by atoms with Gasteiger partial charge >= 0.3 is 0 Å². The molecule has 0 saturated carbocycles. The number of hydrogen-bond donors (Lipinski definition) is 2. The number of hydrogen-bond acceptors (Lipinski definition) is 4. The second-order valence-electron chi connectivity index (χ2n) is 4.43. The Balaban J connectivity index is 2.85. The van der Waals surface area contributed by atoms with Crippen molar-refractivity contribution < 1.29 is 21.2 Å². The van der Waals surface area contributed by atoms with Gasteiger partial charge in [0, 0.05) is 13.1 Å². The standard InChI is InChI=1S/C11H17FN2O4S2/c1-8-6-10(12)7-9(2)11(8)20(17,18)14-5-4-13-19(3,15)16/h6-7,13-14H,4-5H2,1-3H3. The van der Waals surface area contributed by atoms with Crippen molar-refractivity contribution in [3.63, 3.8) is 0 Å². The number of nitrogens with one attached hydrogen (secondary N) is 2. The van der Waals surface area contributed by atoms with E-state index in [1.807, 2.05) is 0 Å². The van der Waals surface area contributed by atoms with Gasteiger partial charge in [-0.1, -0.05) is 0 Å². The van der Waals surface area contributed by atoms with Crippen molar-refractivity contribution >= 4 is 20.0 Å². The van der Waals surface area contributed by atoms with Gasteiger partial charge in [-0.25, -0.2) is 30.7 Å². The second-order valence-corrected chi connectivity index (χ2v) is 7.97. The topological polar surface area (TPSA) is 92.3 Å². The van der Waals surface area contributed by atoms with E-state index in [0.29, 0.717) is 11.1 Å². The molecule has 20 heavy (non-hydrogen) atoms. The first kappa shape index (κ1) is 17.0. The Morgan fingerprint density at radius 3 is 1.90 bits per heavy atom. The van der Waals surface area contributed by atoms with Gasteiger partial charge in [-0.05, 0) is 37.1 Å². The fourth-order valence-corrected chi connectivity index (χ4v) is 3.77. The zero-order chi connectivity index (χ0) is 15.6. The van der Waals surface area contributed by atoms with E-state index in [-0.39, 0.29) is 18.0 Å². The minimum atomic E-state index is -3.81. The van der Waals surface area contributed by atoms with Gasteiger partial charge < -0.3 is 0 Å². The van der Waals surface area contributed by atoms with Crippen molar-refractivity contribution in [2.45, 2.75) is 18.7 Å². The van der Waals surface area contributed by atoms with Crippen LogP contribution < -0.4 is 9.44 Å². The average Bonchev–Trinajstić information content (AvgIpc) is 2.21. The van der Waals surface area contributed by atoms with Gasteiger partial charge in [0.25, 0.3) is 0 Å². The minimum absolute atomic E-state index is 0.0123. The van der Waals surface area contributed by atoms with E-state index in [9.17, 15) is 21.2 Å². The van der Waals surface area contributed by atoms with Crippen molar-refractivity contribution in [3.05, 3.63) is 29.1 Å². The van der Waals surface area contributed by atoms with E-state index in [1.54, 1.807) is 0 Å². The molecule has 0 heterocycles. The largest absolute Gasteiger partial charge is 0.241 e. The van der Waals surface area contributed by atoms with Crippen molar-refractivity contribution in [1.82, 2.24) is 9.44 Å². The molecule has 1 aromatic carbocycles. The molecule has 0 amide bonds. The van der Waals surface area contributed by atoms with Crippen LogP contribution in [0.2, 0.25) is 0 Å². The van der Waals surface area contributed by atoms with E-state index in [2.05, 4.69) is 9.44 Å². The van der Waals surface area contributed by atoms with Crippen molar-refractivity contribution in [2.75, 3.05) is 19.3 Å². The third-order valence-electron chi connectivity index (χ3n) is 2.48. The zero-order valence-corrected chi connectivity index (χ0v) is 13.0. The molecule has 1 aromatic rings. The highest BCUT2D eigenvalue weighted by Gasteiger charge is 2.19. The number of aryl methyl sites for hydroxylation is 2. The first-order valence-electron chi connectivity index (χ1n) is 5.74. The Bertz CT molecular complexity index is 676. The van der Waals surface area contributed by atoms with E-state index in [4.69, 9.17) is 0 Å². The lowest BCUT2D eigenvalue weighted by Gasteiger charge is -2.12. The molecule has 0 unspecified atom stereocenters. The van der Waals surface area contributed by atoms with Crippen molar-refractivity contribution in [1.29, 1.82) is 0 Å². The molecule has 2 N–H and O–H groups in total. The maximum absolute atomic E-state index is 13.1. The van der Waals surface area contributed by atoms with Gasteiger partial charge in [0.1, 0.15) is 5.82 Å². The van der Waals surface area contributed by atoms with E-state index in [0.717, 1.165) is 18.4 Å². The lowest BCUT2D eigenvalue weighted by molar-refractivity contribution is 0.571. The summed E-state index contributed by atoms with van der Waals surface area (Å²) in [5.41, 5.74) is 0.595. The fourth-order valence-electron chi connectivity index (χ4n) is 1.82. The van der Waals surface area contributed by atoms with Crippen LogP contribution in [0.5, 0.6) is 0 Å². The number of benzene rings is 1. The van der Waals surface area contributed by atoms with Gasteiger partial charge in [0.2, 0.25) is 20.0 Å². The molecule has 0 atom stereocenters. The van der Waals surface area contributed by atoms with Crippen LogP contribution in [-0.2, 0) is 20.0 Å². The lowest BCUT2D eigenvalue weighted by Crippen LogP contribution is -2.34. The highest BCUT2D eigenvalue weighted by Crippen LogP contribution is 2.20. The minimum Gasteiger partial charge on any atom is -0.214 e. The summed E-state index contributed by atoms with van der Waals surface area (Å²) in [5.74, 6) is -0.502. The molecule has 0 aliphatic heterocycles. The predicted octanol–water partition coefficient (Wildman–Crippen LogP) is 0.270. The van der Waals surface area contributed by atoms with E-state index < -0.39 is 25.9 Å². The van der Waals surface area contributed by atoms with Gasteiger partial charge in [-0.15, -0.1) is 0 Å². The van der Waals surface area contributed by atoms with Crippen LogP contribution >= 0.6 is 0 Å². The van der Waals surface area contributed by atoms with Gasteiger partial charge in [0.05, 0.1) is 11.2 Å². The van der Waals surface area contributed by atoms with Gasteiger partial charge in [0.15, 0.2) is 0 Å². The second kappa shape index (κ2) is 6.17. The Morgan fingerprint density at radius 1 is 1.00 bits per heavy atom. The molecule has 0 aliphatic carbocycles. The SMILES string of the molecule is Cc1cc(F)cc(C)c1S(=O)(=O)NCCNS(C)(=O)=O. The molecule has 0 bridgehead atoms. The summed E-state index contributed by atoms with van der Waals surface area (Å²) in [6.07, 6.45) is 0.982. The Labute approximate surface area is 118 Å². The maximum Gasteiger partial charge on any atom is 0.241 e. The van der Waals surface area contributed by atoms with Gasteiger partial charge in [-0.3, -0.25) is 0 Å². The highest BCUT2D eigenvalue weighted by molar-refractivity contribution is 7.89. The van der Waals surface area contributed by atoms with Crippen LogP contribution in [0, 0.1) is 19.7 Å². The molecule has 0 spiro atoms. The summed E-state index contributed by atoms with van der Waals surface area (Å²) in [5, 5.41) is 0. The van der Waals surface area contributed by atoms with Gasteiger partial charge in [-0.2, -0.15) is 0 Å². The molecule has 0 fully saturated rings. The Kier molecular flexibility index (Phi) is 5.25. The molecular formula is C11H17FN2O4S2. The molecular weight excluding hydrogens is 307 g/mol.